The van der Waals surface area contributed by atoms with Crippen LogP contribution < -0.4 is 5.73 Å². The van der Waals surface area contributed by atoms with Gasteiger partial charge < -0.3 is 15.5 Å². The van der Waals surface area contributed by atoms with Crippen LogP contribution in [0, 0.1) is 11.3 Å². The summed E-state index contributed by atoms with van der Waals surface area (Å²) in [4.78, 5) is 17.2. The van der Waals surface area contributed by atoms with E-state index in [2.05, 4.69) is 14.7 Å². The molecule has 0 radical (unpaired) electrons. The molecule has 6 heteroatoms. The van der Waals surface area contributed by atoms with Gasteiger partial charge in [-0.15, -0.1) is 0 Å². The molecule has 0 unspecified atom stereocenters. The Hall–Kier alpha value is -2.03. The Morgan fingerprint density at radius 1 is 1.85 bits per heavy atom. The van der Waals surface area contributed by atoms with E-state index >= 15 is 0 Å². The number of hydrogen-bond donors (Lipinski definition) is 2. The zero-order valence-electron chi connectivity index (χ0n) is 7.00. The summed E-state index contributed by atoms with van der Waals surface area (Å²) in [6.07, 6.45) is 0. The van der Waals surface area contributed by atoms with Crippen LogP contribution in [0.4, 0.5) is 5.95 Å². The molecule has 3 N–H and O–H groups in total. The van der Waals surface area contributed by atoms with E-state index in [-0.39, 0.29) is 23.9 Å². The summed E-state index contributed by atoms with van der Waals surface area (Å²) in [5.74, 6) is -0.595. The number of ether oxygens (including phenoxy) is 1. The maximum atomic E-state index is 11.1. The lowest BCUT2D eigenvalue weighted by Crippen LogP contribution is -2.07. The number of aromatic nitrogens is 2. The number of esters is 1. The van der Waals surface area contributed by atoms with E-state index in [0.29, 0.717) is 0 Å². The second-order valence-corrected chi connectivity index (χ2v) is 2.18. The van der Waals surface area contributed by atoms with Crippen molar-refractivity contribution in [3.63, 3.8) is 0 Å². The molecule has 0 aliphatic heterocycles. The minimum Gasteiger partial charge on any atom is -0.461 e. The standard InChI is InChI=1S/C7H8N4O2/c1-2-13-6(12)5-4(3-8)10-7(9)11-5/h2H2,1H3,(H3,9,10,11). The number of rotatable bonds is 2. The lowest BCUT2D eigenvalue weighted by atomic mass is 10.3. The Morgan fingerprint density at radius 2 is 2.54 bits per heavy atom. The number of H-pyrrole nitrogens is 1. The van der Waals surface area contributed by atoms with Crippen molar-refractivity contribution in [3.8, 4) is 6.07 Å². The molecular weight excluding hydrogens is 172 g/mol. The molecule has 0 bridgehead atoms. The first-order chi connectivity index (χ1) is 6.19. The number of hydrogen-bond acceptors (Lipinski definition) is 5. The highest BCUT2D eigenvalue weighted by Gasteiger charge is 2.16. The van der Waals surface area contributed by atoms with Crippen LogP contribution in [0.3, 0.4) is 0 Å². The largest absolute Gasteiger partial charge is 0.461 e. The summed E-state index contributed by atoms with van der Waals surface area (Å²) in [5.41, 5.74) is 5.22. The smallest absolute Gasteiger partial charge is 0.357 e. The van der Waals surface area contributed by atoms with Crippen molar-refractivity contribution in [2.45, 2.75) is 6.92 Å². The Balaban J connectivity index is 3.00. The van der Waals surface area contributed by atoms with Gasteiger partial charge in [-0.25, -0.2) is 9.78 Å². The van der Waals surface area contributed by atoms with Crippen molar-refractivity contribution < 1.29 is 9.53 Å². The molecule has 0 aliphatic carbocycles. The molecule has 1 rings (SSSR count). The van der Waals surface area contributed by atoms with Crippen molar-refractivity contribution in [1.29, 1.82) is 5.26 Å². The molecule has 68 valence electrons. The fourth-order valence-corrected chi connectivity index (χ4v) is 0.823. The van der Waals surface area contributed by atoms with Crippen LogP contribution >= 0.6 is 0 Å². The highest BCUT2D eigenvalue weighted by atomic mass is 16.5. The first-order valence-corrected chi connectivity index (χ1v) is 3.61. The number of nitriles is 1. The maximum Gasteiger partial charge on any atom is 0.357 e. The molecule has 6 nitrogen and oxygen atoms in total. The predicted octanol–water partition coefficient (Wildman–Crippen LogP) is 0.0403. The zero-order valence-corrected chi connectivity index (χ0v) is 7.00. The Labute approximate surface area is 74.3 Å². The summed E-state index contributed by atoms with van der Waals surface area (Å²) in [7, 11) is 0. The van der Waals surface area contributed by atoms with E-state index < -0.39 is 5.97 Å². The van der Waals surface area contributed by atoms with Crippen LogP contribution in [-0.2, 0) is 4.74 Å². The highest BCUT2D eigenvalue weighted by molar-refractivity contribution is 5.90. The average molecular weight is 180 g/mol. The molecule has 0 fully saturated rings. The maximum absolute atomic E-state index is 11.1. The van der Waals surface area contributed by atoms with Crippen LogP contribution in [0.5, 0.6) is 0 Å². The second-order valence-electron chi connectivity index (χ2n) is 2.18. The average Bonchev–Trinajstić information content (AvgIpc) is 2.47. The number of anilines is 1. The molecule has 0 saturated carbocycles. The normalized spacial score (nSPS) is 9.23. The number of carbonyl (C=O) groups is 1. The molecule has 1 aromatic heterocycles. The van der Waals surface area contributed by atoms with Gasteiger partial charge in [-0.2, -0.15) is 5.26 Å². The second kappa shape index (κ2) is 3.58. The molecule has 0 saturated heterocycles. The van der Waals surface area contributed by atoms with E-state index in [1.807, 2.05) is 0 Å². The lowest BCUT2D eigenvalue weighted by molar-refractivity contribution is 0.0520. The predicted molar refractivity (Wildman–Crippen MR) is 43.7 cm³/mol. The number of nitrogens with one attached hydrogen (secondary N) is 1. The van der Waals surface area contributed by atoms with Crippen LogP contribution in [0.1, 0.15) is 23.1 Å². The third-order valence-corrected chi connectivity index (χ3v) is 1.31. The van der Waals surface area contributed by atoms with E-state index in [4.69, 9.17) is 11.0 Å². The van der Waals surface area contributed by atoms with Crippen molar-refractivity contribution in [2.24, 2.45) is 0 Å². The van der Waals surface area contributed by atoms with Crippen molar-refractivity contribution >= 4 is 11.9 Å². The number of nitrogens with two attached hydrogens (primary N) is 1. The van der Waals surface area contributed by atoms with Gasteiger partial charge in [0.05, 0.1) is 6.61 Å². The Bertz CT molecular complexity index is 363. The van der Waals surface area contributed by atoms with Gasteiger partial charge in [-0.05, 0) is 6.92 Å². The van der Waals surface area contributed by atoms with Crippen LogP contribution in [0.2, 0.25) is 0 Å². The topological polar surface area (TPSA) is 105 Å². The number of imidazole rings is 1. The Kier molecular flexibility index (Phi) is 2.50. The number of carbonyl (C=O) groups excluding carboxylic acids is 1. The van der Waals surface area contributed by atoms with E-state index in [1.165, 1.54) is 0 Å². The van der Waals surface area contributed by atoms with Crippen molar-refractivity contribution in [2.75, 3.05) is 12.3 Å². The van der Waals surface area contributed by atoms with Crippen LogP contribution in [0.25, 0.3) is 0 Å². The van der Waals surface area contributed by atoms with E-state index in [9.17, 15) is 4.79 Å². The SMILES string of the molecule is CCOC(=O)c1[nH]c(N)nc1C#N. The summed E-state index contributed by atoms with van der Waals surface area (Å²) >= 11 is 0. The van der Waals surface area contributed by atoms with Gasteiger partial charge in [0, 0.05) is 0 Å². The zero-order chi connectivity index (χ0) is 9.84. The molecule has 0 amide bonds. The molecule has 0 aromatic carbocycles. The molecule has 0 spiro atoms. The fourth-order valence-electron chi connectivity index (χ4n) is 0.823. The quantitative estimate of drug-likeness (QED) is 0.625. The molecule has 0 atom stereocenters. The first-order valence-electron chi connectivity index (χ1n) is 3.61. The van der Waals surface area contributed by atoms with Crippen LogP contribution in [-0.4, -0.2) is 22.5 Å². The van der Waals surface area contributed by atoms with Crippen molar-refractivity contribution in [1.82, 2.24) is 9.97 Å². The van der Waals surface area contributed by atoms with Crippen LogP contribution in [0.15, 0.2) is 0 Å². The molecule has 0 aliphatic rings. The lowest BCUT2D eigenvalue weighted by Gasteiger charge is -1.97. The third kappa shape index (κ3) is 1.76. The summed E-state index contributed by atoms with van der Waals surface area (Å²) in [5, 5.41) is 8.55. The highest BCUT2D eigenvalue weighted by Crippen LogP contribution is 2.07. The van der Waals surface area contributed by atoms with Gasteiger partial charge in [-0.3, -0.25) is 0 Å². The number of nitrogens with zero attached hydrogens (tertiary/aromatic N) is 2. The third-order valence-electron chi connectivity index (χ3n) is 1.31. The van der Waals surface area contributed by atoms with Gasteiger partial charge in [0.2, 0.25) is 0 Å². The summed E-state index contributed by atoms with van der Waals surface area (Å²) in [6.45, 7) is 1.91. The van der Waals surface area contributed by atoms with Gasteiger partial charge in [-0.1, -0.05) is 0 Å². The van der Waals surface area contributed by atoms with E-state index in [0.717, 1.165) is 0 Å². The molecule has 1 heterocycles. The Morgan fingerprint density at radius 3 is 3.08 bits per heavy atom. The monoisotopic (exact) mass is 180 g/mol. The van der Waals surface area contributed by atoms with Gasteiger partial charge >= 0.3 is 5.97 Å². The first kappa shape index (κ1) is 9.06. The minimum absolute atomic E-state index is 0.00171. The van der Waals surface area contributed by atoms with E-state index in [1.54, 1.807) is 13.0 Å². The molecule has 13 heavy (non-hydrogen) atoms. The molecule has 1 aromatic rings. The number of aromatic amines is 1. The van der Waals surface area contributed by atoms with Gasteiger partial charge in [0.25, 0.3) is 0 Å². The minimum atomic E-state index is -0.622. The number of nitrogen functional groups attached to an aromatic ring is 1. The van der Waals surface area contributed by atoms with Gasteiger partial charge in [0.15, 0.2) is 17.3 Å². The van der Waals surface area contributed by atoms with Crippen molar-refractivity contribution in [3.05, 3.63) is 11.4 Å². The fraction of sp³-hybridized carbons (Fsp3) is 0.286. The van der Waals surface area contributed by atoms with Gasteiger partial charge in [0.1, 0.15) is 6.07 Å². The summed E-state index contributed by atoms with van der Waals surface area (Å²) < 4.78 is 4.67. The molecular formula is C7H8N4O2. The summed E-state index contributed by atoms with van der Waals surface area (Å²) in [6, 6.07) is 1.73.